The second kappa shape index (κ2) is 14.5. The number of imide groups is 1. The molecule has 3 aliphatic rings. The summed E-state index contributed by atoms with van der Waals surface area (Å²) in [6.07, 6.45) is 0.124. The molecule has 1 aromatic rings. The van der Waals surface area contributed by atoms with Crippen molar-refractivity contribution in [2.24, 2.45) is 16.7 Å². The van der Waals surface area contributed by atoms with Crippen LogP contribution in [0.25, 0.3) is 0 Å². The molecular formula is C32H42ClF3N3O10P. The van der Waals surface area contributed by atoms with Gasteiger partial charge in [-0.2, -0.15) is 13.2 Å². The van der Waals surface area contributed by atoms with Crippen LogP contribution < -0.4 is 5.32 Å². The van der Waals surface area contributed by atoms with Gasteiger partial charge in [-0.3, -0.25) is 32.7 Å². The summed E-state index contributed by atoms with van der Waals surface area (Å²) in [5.41, 5.74) is -3.30. The van der Waals surface area contributed by atoms with Crippen molar-refractivity contribution < 1.29 is 60.2 Å². The molecule has 1 N–H and O–H groups in total. The molecule has 0 aromatic heterocycles. The molecule has 1 atom stereocenters. The molecule has 278 valence electrons. The molecule has 4 amide bonds. The number of amides is 4. The third-order valence-electron chi connectivity index (χ3n) is 8.37. The Balaban J connectivity index is 1.41. The molecule has 1 aromatic carbocycles. The fourth-order valence-electron chi connectivity index (χ4n) is 5.28. The largest absolute Gasteiger partial charge is 0.438 e. The van der Waals surface area contributed by atoms with E-state index in [2.05, 4.69) is 11.6 Å². The number of hydrogen-bond donors (Lipinski definition) is 1. The number of fused-ring (bicyclic) bond motifs is 1. The first-order valence-electron chi connectivity index (χ1n) is 15.8. The van der Waals surface area contributed by atoms with E-state index < -0.39 is 90.8 Å². The van der Waals surface area contributed by atoms with Crippen LogP contribution in [0.3, 0.4) is 0 Å². The van der Waals surface area contributed by atoms with Crippen molar-refractivity contribution in [1.82, 2.24) is 15.1 Å². The van der Waals surface area contributed by atoms with Gasteiger partial charge in [0.15, 0.2) is 13.6 Å². The molecule has 2 heterocycles. The SMILES string of the molecule is C=P(OCOC(=O)C(C)(C)C)(OCOC(=O)C(C)(C)C)OCN1C(=O)N[C@@](CCC(=O)N2Cc3cc(Cl)c(C(F)(F)F)cc3C2)(C2CC2)C1=O. The minimum absolute atomic E-state index is 0.0497. The van der Waals surface area contributed by atoms with Crippen molar-refractivity contribution in [3.63, 3.8) is 0 Å². The summed E-state index contributed by atoms with van der Waals surface area (Å²) in [5.74, 6) is -2.54. The second-order valence-electron chi connectivity index (χ2n) is 14.5. The highest BCUT2D eigenvalue weighted by molar-refractivity contribution is 7.59. The smallest absolute Gasteiger partial charge is 0.417 e. The molecule has 2 aliphatic heterocycles. The van der Waals surface area contributed by atoms with E-state index >= 15 is 0 Å². The average molecular weight is 752 g/mol. The molecule has 50 heavy (non-hydrogen) atoms. The predicted octanol–water partition coefficient (Wildman–Crippen LogP) is 5.98. The molecule has 13 nitrogen and oxygen atoms in total. The first-order chi connectivity index (χ1) is 23.0. The van der Waals surface area contributed by atoms with Crippen molar-refractivity contribution in [3.05, 3.63) is 33.8 Å². The van der Waals surface area contributed by atoms with Crippen LogP contribution in [0.1, 0.15) is 83.9 Å². The zero-order valence-corrected chi connectivity index (χ0v) is 30.4. The van der Waals surface area contributed by atoms with Gasteiger partial charge in [0.25, 0.3) is 13.5 Å². The number of urea groups is 1. The standard InChI is InChI=1S/C32H42ClF3N3O10P/c1-29(2,3)26(42)45-17-48-50(7,49-18-46-27(43)30(4,5)6)47-16-39-25(41)31(21-8-9-21,37-28(39)44)11-10-24(40)38-14-19-12-22(32(34,35)36)23(33)13-20(19)15-38/h12-13,21H,7-11,14-18H2,1-6H3,(H,37,44)/t31-/m0/s1. The summed E-state index contributed by atoms with van der Waals surface area (Å²) in [5, 5.41) is 2.27. The Bertz CT molecular complexity index is 1550. The molecule has 1 saturated heterocycles. The number of esters is 2. The third-order valence-corrected chi connectivity index (χ3v) is 10.2. The van der Waals surface area contributed by atoms with Gasteiger partial charge in [-0.05, 0) is 96.3 Å². The number of carbonyl (C=O) groups is 5. The van der Waals surface area contributed by atoms with Crippen LogP contribution in [0.4, 0.5) is 18.0 Å². The van der Waals surface area contributed by atoms with Crippen molar-refractivity contribution in [3.8, 4) is 0 Å². The van der Waals surface area contributed by atoms with Gasteiger partial charge >= 0.3 is 24.1 Å². The van der Waals surface area contributed by atoms with Gasteiger partial charge in [-0.1, -0.05) is 11.6 Å². The van der Waals surface area contributed by atoms with Gasteiger partial charge in [0.1, 0.15) is 12.3 Å². The lowest BCUT2D eigenvalue weighted by Crippen LogP contribution is -2.50. The Morgan fingerprint density at radius 1 is 0.940 bits per heavy atom. The lowest BCUT2D eigenvalue weighted by Gasteiger charge is -2.28. The number of rotatable bonds is 13. The first-order valence-corrected chi connectivity index (χ1v) is 17.9. The molecule has 4 rings (SSSR count). The second-order valence-corrected chi connectivity index (χ2v) is 16.9. The number of nitrogens with zero attached hydrogens (tertiary/aromatic N) is 2. The number of alkyl halides is 3. The van der Waals surface area contributed by atoms with Crippen LogP contribution in [0.15, 0.2) is 12.1 Å². The first kappa shape index (κ1) is 39.6. The number of halogens is 4. The molecule has 0 spiro atoms. The Morgan fingerprint density at radius 2 is 1.46 bits per heavy atom. The summed E-state index contributed by atoms with van der Waals surface area (Å²) in [7, 11) is -3.75. The van der Waals surface area contributed by atoms with E-state index in [-0.39, 0.29) is 31.8 Å². The molecule has 1 aliphatic carbocycles. The monoisotopic (exact) mass is 751 g/mol. The van der Waals surface area contributed by atoms with Gasteiger partial charge in [-0.25, -0.2) is 9.69 Å². The molecular weight excluding hydrogens is 710 g/mol. The maximum absolute atomic E-state index is 13.8. The van der Waals surface area contributed by atoms with E-state index in [0.717, 1.165) is 11.0 Å². The lowest BCUT2D eigenvalue weighted by atomic mass is 9.87. The predicted molar refractivity (Wildman–Crippen MR) is 174 cm³/mol. The maximum Gasteiger partial charge on any atom is 0.417 e. The van der Waals surface area contributed by atoms with E-state index in [9.17, 15) is 37.1 Å². The van der Waals surface area contributed by atoms with E-state index in [1.807, 2.05) is 0 Å². The van der Waals surface area contributed by atoms with Gasteiger partial charge in [0.2, 0.25) is 5.91 Å². The number of carbonyl (C=O) groups excluding carboxylic acids is 5. The molecule has 2 fully saturated rings. The number of hydrogen-bond acceptors (Lipinski definition) is 10. The lowest BCUT2D eigenvalue weighted by molar-refractivity contribution is -0.162. The molecule has 0 unspecified atom stereocenters. The Kier molecular flexibility index (Phi) is 11.5. The number of ether oxygens (including phenoxy) is 2. The van der Waals surface area contributed by atoms with Gasteiger partial charge < -0.3 is 19.7 Å². The van der Waals surface area contributed by atoms with Crippen molar-refractivity contribution in [1.29, 1.82) is 0 Å². The number of benzene rings is 1. The average Bonchev–Trinajstić information content (AvgIpc) is 3.71. The normalized spacial score (nSPS) is 19.8. The van der Waals surface area contributed by atoms with E-state index in [0.29, 0.717) is 24.0 Å². The van der Waals surface area contributed by atoms with Crippen LogP contribution in [0.5, 0.6) is 0 Å². The van der Waals surface area contributed by atoms with Gasteiger partial charge in [-0.15, -0.1) is 0 Å². The van der Waals surface area contributed by atoms with Crippen LogP contribution in [0, 0.1) is 16.7 Å². The third kappa shape index (κ3) is 9.19. The van der Waals surface area contributed by atoms with E-state index in [1.165, 1.54) is 11.0 Å². The zero-order chi connectivity index (χ0) is 37.4. The summed E-state index contributed by atoms with van der Waals surface area (Å²) in [4.78, 5) is 66.9. The van der Waals surface area contributed by atoms with Crippen molar-refractivity contribution >= 4 is 55.3 Å². The van der Waals surface area contributed by atoms with Crippen LogP contribution in [-0.4, -0.2) is 71.7 Å². The zero-order valence-electron chi connectivity index (χ0n) is 28.7. The highest BCUT2D eigenvalue weighted by atomic mass is 35.5. The Morgan fingerprint density at radius 3 is 1.94 bits per heavy atom. The van der Waals surface area contributed by atoms with Gasteiger partial charge in [0.05, 0.1) is 21.4 Å². The highest BCUT2D eigenvalue weighted by Gasteiger charge is 2.59. The molecule has 1 saturated carbocycles. The van der Waals surface area contributed by atoms with Crippen LogP contribution >= 0.6 is 19.2 Å². The highest BCUT2D eigenvalue weighted by Crippen LogP contribution is 2.50. The topological polar surface area (TPSA) is 150 Å². The summed E-state index contributed by atoms with van der Waals surface area (Å²) < 4.78 is 67.1. The molecule has 0 radical (unpaired) electrons. The minimum atomic E-state index is -4.65. The fraction of sp³-hybridized carbons (Fsp3) is 0.625. The van der Waals surface area contributed by atoms with Crippen molar-refractivity contribution in [2.75, 3.05) is 20.3 Å². The quantitative estimate of drug-likeness (QED) is 0.110. The maximum atomic E-state index is 13.8. The minimum Gasteiger partial charge on any atom is -0.438 e. The molecule has 18 heteroatoms. The number of nitrogens with one attached hydrogen (secondary N) is 1. The van der Waals surface area contributed by atoms with Gasteiger partial charge in [0, 0.05) is 19.5 Å². The molecule has 0 bridgehead atoms. The summed E-state index contributed by atoms with van der Waals surface area (Å²) >= 11 is 5.86. The van der Waals surface area contributed by atoms with Crippen LogP contribution in [0.2, 0.25) is 5.02 Å². The Hall–Kier alpha value is -3.17. The fourth-order valence-corrected chi connectivity index (χ4v) is 6.51. The van der Waals surface area contributed by atoms with Crippen molar-refractivity contribution in [2.45, 2.75) is 92.0 Å². The summed E-state index contributed by atoms with van der Waals surface area (Å²) in [6.45, 7) is 7.77. The van der Waals surface area contributed by atoms with E-state index in [1.54, 1.807) is 41.5 Å². The van der Waals surface area contributed by atoms with Crippen LogP contribution in [-0.2, 0) is 61.5 Å². The summed E-state index contributed by atoms with van der Waals surface area (Å²) in [6, 6.07) is 1.35. The Labute approximate surface area is 293 Å². The van der Waals surface area contributed by atoms with E-state index in [4.69, 9.17) is 34.6 Å².